The van der Waals surface area contributed by atoms with Crippen LogP contribution in [-0.2, 0) is 19.5 Å². The molecule has 0 radical (unpaired) electrons. The van der Waals surface area contributed by atoms with Gasteiger partial charge in [0, 0.05) is 43.6 Å². The molecule has 1 N–H and O–H groups in total. The van der Waals surface area contributed by atoms with Crippen molar-refractivity contribution in [2.75, 3.05) is 13.7 Å². The van der Waals surface area contributed by atoms with Crippen LogP contribution < -0.4 is 10.3 Å². The highest BCUT2D eigenvalue weighted by Gasteiger charge is 2.25. The molecule has 144 valence electrons. The highest BCUT2D eigenvalue weighted by molar-refractivity contribution is 5.29. The summed E-state index contributed by atoms with van der Waals surface area (Å²) in [4.78, 5) is 22.6. The summed E-state index contributed by atoms with van der Waals surface area (Å²) in [5.74, 6) is 1.49. The number of hydrogen-bond acceptors (Lipinski definition) is 4. The van der Waals surface area contributed by atoms with Gasteiger partial charge in [0.1, 0.15) is 17.4 Å². The van der Waals surface area contributed by atoms with E-state index in [1.807, 2.05) is 0 Å². The minimum Gasteiger partial charge on any atom is -0.497 e. The van der Waals surface area contributed by atoms with E-state index in [0.29, 0.717) is 30.3 Å². The number of aromatic amines is 1. The second kappa shape index (κ2) is 7.80. The van der Waals surface area contributed by atoms with Crippen molar-refractivity contribution < 1.29 is 9.13 Å². The summed E-state index contributed by atoms with van der Waals surface area (Å²) in [5, 5.41) is 0. The first-order valence-electron chi connectivity index (χ1n) is 9.81. The first kappa shape index (κ1) is 18.2. The lowest BCUT2D eigenvalue weighted by molar-refractivity contribution is 0.237. The maximum absolute atomic E-state index is 14.2. The van der Waals surface area contributed by atoms with Gasteiger partial charge in [0.15, 0.2) is 0 Å². The lowest BCUT2D eigenvalue weighted by Crippen LogP contribution is -2.36. The molecule has 2 aliphatic rings. The Bertz CT molecular complexity index is 874. The molecule has 27 heavy (non-hydrogen) atoms. The van der Waals surface area contributed by atoms with Crippen LogP contribution in [0.3, 0.4) is 0 Å². The van der Waals surface area contributed by atoms with Gasteiger partial charge in [0.05, 0.1) is 18.4 Å². The van der Waals surface area contributed by atoms with Gasteiger partial charge in [0.25, 0.3) is 5.56 Å². The van der Waals surface area contributed by atoms with Gasteiger partial charge in [-0.25, -0.2) is 9.37 Å². The highest BCUT2D eigenvalue weighted by atomic mass is 19.1. The van der Waals surface area contributed by atoms with E-state index in [9.17, 15) is 9.18 Å². The average molecular weight is 371 g/mol. The first-order valence-corrected chi connectivity index (χ1v) is 9.81. The number of methoxy groups -OCH3 is 1. The number of benzene rings is 1. The monoisotopic (exact) mass is 371 g/mol. The van der Waals surface area contributed by atoms with Crippen LogP contribution >= 0.6 is 0 Å². The summed E-state index contributed by atoms with van der Waals surface area (Å²) in [6.07, 6.45) is 6.67. The summed E-state index contributed by atoms with van der Waals surface area (Å²) in [5.41, 5.74) is 2.24. The topological polar surface area (TPSA) is 58.2 Å². The van der Waals surface area contributed by atoms with Gasteiger partial charge >= 0.3 is 0 Å². The number of H-pyrrole nitrogens is 1. The van der Waals surface area contributed by atoms with Crippen LogP contribution in [0.25, 0.3) is 0 Å². The van der Waals surface area contributed by atoms with E-state index in [4.69, 9.17) is 9.72 Å². The summed E-state index contributed by atoms with van der Waals surface area (Å²) in [6, 6.07) is 4.91. The van der Waals surface area contributed by atoms with E-state index in [2.05, 4.69) is 9.88 Å². The number of ether oxygens (including phenoxy) is 1. The number of nitrogens with one attached hydrogen (secondary N) is 1. The normalized spacial score (nSPS) is 18.3. The molecule has 1 aromatic heterocycles. The van der Waals surface area contributed by atoms with E-state index >= 15 is 0 Å². The van der Waals surface area contributed by atoms with Gasteiger partial charge in [-0.1, -0.05) is 25.3 Å². The predicted molar refractivity (Wildman–Crippen MR) is 101 cm³/mol. The predicted octanol–water partition coefficient (Wildman–Crippen LogP) is 3.52. The van der Waals surface area contributed by atoms with Crippen molar-refractivity contribution in [2.45, 2.75) is 57.5 Å². The average Bonchev–Trinajstić information content (AvgIpc) is 2.70. The van der Waals surface area contributed by atoms with E-state index in [-0.39, 0.29) is 11.4 Å². The van der Waals surface area contributed by atoms with Gasteiger partial charge in [-0.3, -0.25) is 9.69 Å². The number of hydrogen-bond donors (Lipinski definition) is 1. The Morgan fingerprint density at radius 3 is 2.85 bits per heavy atom. The number of nitrogens with zero attached hydrogens (tertiary/aromatic N) is 2. The molecule has 1 fully saturated rings. The summed E-state index contributed by atoms with van der Waals surface area (Å²) >= 11 is 0. The first-order chi connectivity index (χ1) is 13.1. The van der Waals surface area contributed by atoms with Crippen LogP contribution in [0.5, 0.6) is 5.75 Å². The van der Waals surface area contributed by atoms with Crippen LogP contribution in [0, 0.1) is 5.82 Å². The SMILES string of the molecule is COc1ccc(CN2CCc3nc(C4CCCCC4)[nH]c(=O)c3C2)c(F)c1. The fraction of sp³-hybridized carbons (Fsp3) is 0.524. The molecule has 0 atom stereocenters. The maximum atomic E-state index is 14.2. The van der Waals surface area contributed by atoms with Crippen molar-refractivity contribution in [1.29, 1.82) is 0 Å². The third-order valence-electron chi connectivity index (χ3n) is 5.81. The molecule has 0 spiro atoms. The van der Waals surface area contributed by atoms with Crippen LogP contribution in [0.2, 0.25) is 0 Å². The van der Waals surface area contributed by atoms with E-state index in [0.717, 1.165) is 42.9 Å². The van der Waals surface area contributed by atoms with Crippen molar-refractivity contribution in [3.8, 4) is 5.75 Å². The molecular weight excluding hydrogens is 345 g/mol. The van der Waals surface area contributed by atoms with Crippen molar-refractivity contribution in [2.24, 2.45) is 0 Å². The lowest BCUT2D eigenvalue weighted by atomic mass is 9.88. The highest BCUT2D eigenvalue weighted by Crippen LogP contribution is 2.31. The van der Waals surface area contributed by atoms with Crippen LogP contribution in [-0.4, -0.2) is 28.5 Å². The third kappa shape index (κ3) is 3.90. The summed E-state index contributed by atoms with van der Waals surface area (Å²) in [7, 11) is 1.52. The number of fused-ring (bicyclic) bond motifs is 1. The van der Waals surface area contributed by atoms with Gasteiger partial charge in [-0.2, -0.15) is 0 Å². The van der Waals surface area contributed by atoms with Crippen molar-refractivity contribution >= 4 is 0 Å². The van der Waals surface area contributed by atoms with Crippen LogP contribution in [0.4, 0.5) is 4.39 Å². The molecule has 6 heteroatoms. The Morgan fingerprint density at radius 2 is 2.11 bits per heavy atom. The molecule has 1 aliphatic heterocycles. The zero-order chi connectivity index (χ0) is 18.8. The van der Waals surface area contributed by atoms with Gasteiger partial charge in [0.2, 0.25) is 0 Å². The standard InChI is InChI=1S/C21H26FN3O2/c1-27-16-8-7-15(18(22)11-16)12-25-10-9-19-17(13-25)21(26)24-20(23-19)14-5-3-2-4-6-14/h7-8,11,14H,2-6,9-10,12-13H2,1H3,(H,23,24,26). The minimum atomic E-state index is -0.278. The largest absolute Gasteiger partial charge is 0.497 e. The molecule has 0 amide bonds. The van der Waals surface area contributed by atoms with Crippen molar-refractivity contribution in [1.82, 2.24) is 14.9 Å². The summed E-state index contributed by atoms with van der Waals surface area (Å²) < 4.78 is 19.3. The molecule has 1 saturated carbocycles. The minimum absolute atomic E-state index is 0.0273. The smallest absolute Gasteiger partial charge is 0.255 e. The molecule has 4 rings (SSSR count). The molecular formula is C21H26FN3O2. The summed E-state index contributed by atoms with van der Waals surface area (Å²) in [6.45, 7) is 1.76. The van der Waals surface area contributed by atoms with Crippen molar-refractivity contribution in [3.63, 3.8) is 0 Å². The molecule has 1 aliphatic carbocycles. The number of halogens is 1. The van der Waals surface area contributed by atoms with E-state index in [1.54, 1.807) is 12.1 Å². The van der Waals surface area contributed by atoms with E-state index < -0.39 is 0 Å². The molecule has 2 aromatic rings. The molecule has 2 heterocycles. The second-order valence-electron chi connectivity index (χ2n) is 7.63. The van der Waals surface area contributed by atoms with Gasteiger partial charge < -0.3 is 9.72 Å². The zero-order valence-electron chi connectivity index (χ0n) is 15.8. The van der Waals surface area contributed by atoms with Gasteiger partial charge in [-0.15, -0.1) is 0 Å². The molecule has 0 unspecified atom stereocenters. The molecule has 1 aromatic carbocycles. The Kier molecular flexibility index (Phi) is 5.25. The zero-order valence-corrected chi connectivity index (χ0v) is 15.8. The van der Waals surface area contributed by atoms with E-state index in [1.165, 1.54) is 32.4 Å². The third-order valence-corrected chi connectivity index (χ3v) is 5.81. The Labute approximate surface area is 158 Å². The molecule has 0 saturated heterocycles. The Balaban J connectivity index is 1.50. The maximum Gasteiger partial charge on any atom is 0.255 e. The molecule has 5 nitrogen and oxygen atoms in total. The Morgan fingerprint density at radius 1 is 1.30 bits per heavy atom. The molecule has 0 bridgehead atoms. The quantitative estimate of drug-likeness (QED) is 0.893. The Hall–Kier alpha value is -2.21. The second-order valence-corrected chi connectivity index (χ2v) is 7.63. The van der Waals surface area contributed by atoms with Gasteiger partial charge in [-0.05, 0) is 18.9 Å². The fourth-order valence-corrected chi connectivity index (χ4v) is 4.23. The lowest BCUT2D eigenvalue weighted by Gasteiger charge is -2.29. The van der Waals surface area contributed by atoms with Crippen LogP contribution in [0.1, 0.15) is 60.7 Å². The van der Waals surface area contributed by atoms with Crippen LogP contribution in [0.15, 0.2) is 23.0 Å². The van der Waals surface area contributed by atoms with Crippen molar-refractivity contribution in [3.05, 3.63) is 57.0 Å². The number of aromatic nitrogens is 2. The fourth-order valence-electron chi connectivity index (χ4n) is 4.23. The number of rotatable bonds is 4.